The molecule has 0 radical (unpaired) electrons. The number of nitriles is 1. The van der Waals surface area contributed by atoms with E-state index in [0.717, 1.165) is 23.4 Å². The molecule has 0 bridgehead atoms. The van der Waals surface area contributed by atoms with Gasteiger partial charge in [-0.25, -0.2) is 0 Å². The Kier molecular flexibility index (Phi) is 3.86. The van der Waals surface area contributed by atoms with Crippen molar-refractivity contribution in [1.82, 2.24) is 9.78 Å². The van der Waals surface area contributed by atoms with Crippen molar-refractivity contribution < 1.29 is 4.74 Å². The lowest BCUT2D eigenvalue weighted by atomic mass is 10.0. The van der Waals surface area contributed by atoms with E-state index >= 15 is 0 Å². The summed E-state index contributed by atoms with van der Waals surface area (Å²) in [6, 6.07) is 7.64. The van der Waals surface area contributed by atoms with Gasteiger partial charge < -0.3 is 4.74 Å². The first-order valence-corrected chi connectivity index (χ1v) is 6.25. The van der Waals surface area contributed by atoms with Crippen LogP contribution in [0.15, 0.2) is 30.6 Å². The first-order valence-electron chi connectivity index (χ1n) is 6.25. The van der Waals surface area contributed by atoms with Gasteiger partial charge in [0, 0.05) is 23.9 Å². The zero-order chi connectivity index (χ0) is 13.8. The predicted molar refractivity (Wildman–Crippen MR) is 73.8 cm³/mol. The van der Waals surface area contributed by atoms with Crippen molar-refractivity contribution in [2.75, 3.05) is 7.11 Å². The van der Waals surface area contributed by atoms with Crippen LogP contribution in [0.3, 0.4) is 0 Å². The number of benzene rings is 1. The summed E-state index contributed by atoms with van der Waals surface area (Å²) in [5.41, 5.74) is 2.43. The van der Waals surface area contributed by atoms with Crippen LogP contribution in [0.2, 0.25) is 0 Å². The van der Waals surface area contributed by atoms with Gasteiger partial charge in [0.15, 0.2) is 0 Å². The third-order valence-corrected chi connectivity index (χ3v) is 2.84. The van der Waals surface area contributed by atoms with Crippen LogP contribution in [0.25, 0.3) is 11.1 Å². The maximum absolute atomic E-state index is 9.18. The molecular formula is C15H17N3O. The Morgan fingerprint density at radius 3 is 2.84 bits per heavy atom. The Morgan fingerprint density at radius 2 is 2.21 bits per heavy atom. The normalized spacial score (nSPS) is 10.5. The largest absolute Gasteiger partial charge is 0.497 e. The Labute approximate surface area is 113 Å². The lowest BCUT2D eigenvalue weighted by Gasteiger charge is -2.05. The molecule has 1 heterocycles. The van der Waals surface area contributed by atoms with E-state index in [1.165, 1.54) is 0 Å². The SMILES string of the molecule is COc1ccc(C#N)c(-c2cnn(CC(C)C)c2)c1. The van der Waals surface area contributed by atoms with E-state index in [-0.39, 0.29) is 0 Å². The lowest BCUT2D eigenvalue weighted by Crippen LogP contribution is -2.04. The molecule has 0 atom stereocenters. The summed E-state index contributed by atoms with van der Waals surface area (Å²) in [6.45, 7) is 5.16. The van der Waals surface area contributed by atoms with E-state index in [4.69, 9.17) is 4.74 Å². The van der Waals surface area contributed by atoms with E-state index < -0.39 is 0 Å². The summed E-state index contributed by atoms with van der Waals surface area (Å²) in [5, 5.41) is 13.5. The molecule has 2 rings (SSSR count). The molecule has 2 aromatic rings. The zero-order valence-corrected chi connectivity index (χ0v) is 11.4. The van der Waals surface area contributed by atoms with Gasteiger partial charge in [-0.3, -0.25) is 4.68 Å². The zero-order valence-electron chi connectivity index (χ0n) is 11.4. The quantitative estimate of drug-likeness (QED) is 0.843. The van der Waals surface area contributed by atoms with Gasteiger partial charge in [-0.15, -0.1) is 0 Å². The van der Waals surface area contributed by atoms with Gasteiger partial charge in [-0.2, -0.15) is 10.4 Å². The van der Waals surface area contributed by atoms with E-state index in [2.05, 4.69) is 25.0 Å². The highest BCUT2D eigenvalue weighted by Gasteiger charge is 2.09. The number of ether oxygens (including phenoxy) is 1. The highest BCUT2D eigenvalue weighted by molar-refractivity contribution is 5.71. The van der Waals surface area contributed by atoms with Crippen molar-refractivity contribution in [2.24, 2.45) is 5.92 Å². The van der Waals surface area contributed by atoms with Crippen molar-refractivity contribution in [3.8, 4) is 22.9 Å². The summed E-state index contributed by atoms with van der Waals surface area (Å²) in [6.07, 6.45) is 3.76. The molecule has 19 heavy (non-hydrogen) atoms. The van der Waals surface area contributed by atoms with Crippen LogP contribution in [-0.4, -0.2) is 16.9 Å². The predicted octanol–water partition coefficient (Wildman–Crippen LogP) is 3.09. The highest BCUT2D eigenvalue weighted by atomic mass is 16.5. The Bertz CT molecular complexity index is 608. The molecule has 0 amide bonds. The van der Waals surface area contributed by atoms with Crippen molar-refractivity contribution in [2.45, 2.75) is 20.4 Å². The third kappa shape index (κ3) is 2.94. The van der Waals surface area contributed by atoms with Crippen molar-refractivity contribution in [3.63, 3.8) is 0 Å². The second-order valence-electron chi connectivity index (χ2n) is 4.87. The smallest absolute Gasteiger partial charge is 0.119 e. The maximum Gasteiger partial charge on any atom is 0.119 e. The molecule has 0 fully saturated rings. The summed E-state index contributed by atoms with van der Waals surface area (Å²) >= 11 is 0. The molecule has 0 aliphatic heterocycles. The molecule has 0 saturated heterocycles. The number of hydrogen-bond donors (Lipinski definition) is 0. The van der Waals surface area contributed by atoms with Gasteiger partial charge in [0.1, 0.15) is 5.75 Å². The molecule has 0 aliphatic carbocycles. The van der Waals surface area contributed by atoms with Gasteiger partial charge in [0.25, 0.3) is 0 Å². The topological polar surface area (TPSA) is 50.8 Å². The van der Waals surface area contributed by atoms with Crippen molar-refractivity contribution in [3.05, 3.63) is 36.2 Å². The fourth-order valence-electron chi connectivity index (χ4n) is 1.96. The molecule has 0 aliphatic rings. The average Bonchev–Trinajstić information content (AvgIpc) is 2.85. The molecule has 0 saturated carbocycles. The van der Waals surface area contributed by atoms with Crippen molar-refractivity contribution in [1.29, 1.82) is 5.26 Å². The van der Waals surface area contributed by atoms with Crippen LogP contribution in [0.1, 0.15) is 19.4 Å². The monoisotopic (exact) mass is 255 g/mol. The first-order chi connectivity index (χ1) is 9.13. The van der Waals surface area contributed by atoms with Crippen LogP contribution in [0, 0.1) is 17.2 Å². The number of aromatic nitrogens is 2. The van der Waals surface area contributed by atoms with Crippen LogP contribution in [-0.2, 0) is 6.54 Å². The minimum atomic E-state index is 0.536. The molecule has 4 nitrogen and oxygen atoms in total. The Morgan fingerprint density at radius 1 is 1.42 bits per heavy atom. The highest BCUT2D eigenvalue weighted by Crippen LogP contribution is 2.27. The van der Waals surface area contributed by atoms with Gasteiger partial charge in [0.05, 0.1) is 24.9 Å². The number of methoxy groups -OCH3 is 1. The van der Waals surface area contributed by atoms with E-state index in [0.29, 0.717) is 11.5 Å². The van der Waals surface area contributed by atoms with Gasteiger partial charge >= 0.3 is 0 Å². The fourth-order valence-corrected chi connectivity index (χ4v) is 1.96. The van der Waals surface area contributed by atoms with Crippen molar-refractivity contribution >= 4 is 0 Å². The number of nitrogens with zero attached hydrogens (tertiary/aromatic N) is 3. The standard InChI is InChI=1S/C15H17N3O/c1-11(2)9-18-10-13(8-17-18)15-6-14(19-3)5-4-12(15)7-16/h4-6,8,10-11H,9H2,1-3H3. The minimum absolute atomic E-state index is 0.536. The summed E-state index contributed by atoms with van der Waals surface area (Å²) in [7, 11) is 1.62. The van der Waals surface area contributed by atoms with Crippen LogP contribution >= 0.6 is 0 Å². The van der Waals surface area contributed by atoms with E-state index in [1.807, 2.05) is 16.9 Å². The second-order valence-corrected chi connectivity index (χ2v) is 4.87. The summed E-state index contributed by atoms with van der Waals surface area (Å²) in [4.78, 5) is 0. The molecule has 1 aromatic heterocycles. The number of hydrogen-bond acceptors (Lipinski definition) is 3. The molecule has 98 valence electrons. The summed E-state index contributed by atoms with van der Waals surface area (Å²) in [5.74, 6) is 1.28. The van der Waals surface area contributed by atoms with E-state index in [1.54, 1.807) is 25.4 Å². The van der Waals surface area contributed by atoms with Crippen LogP contribution in [0.5, 0.6) is 5.75 Å². The summed E-state index contributed by atoms with van der Waals surface area (Å²) < 4.78 is 7.11. The fraction of sp³-hybridized carbons (Fsp3) is 0.333. The van der Waals surface area contributed by atoms with E-state index in [9.17, 15) is 5.26 Å². The number of rotatable bonds is 4. The van der Waals surface area contributed by atoms with Crippen LogP contribution < -0.4 is 4.74 Å². The average molecular weight is 255 g/mol. The van der Waals surface area contributed by atoms with Gasteiger partial charge in [-0.05, 0) is 24.1 Å². The Balaban J connectivity index is 2.40. The van der Waals surface area contributed by atoms with Gasteiger partial charge in [0.2, 0.25) is 0 Å². The Hall–Kier alpha value is -2.28. The maximum atomic E-state index is 9.18. The molecule has 0 spiro atoms. The molecule has 4 heteroatoms. The lowest BCUT2D eigenvalue weighted by molar-refractivity contribution is 0.415. The molecule has 0 N–H and O–H groups in total. The third-order valence-electron chi connectivity index (χ3n) is 2.84. The van der Waals surface area contributed by atoms with Crippen LogP contribution in [0.4, 0.5) is 0 Å². The molecular weight excluding hydrogens is 238 g/mol. The second kappa shape index (κ2) is 5.57. The molecule has 1 aromatic carbocycles. The minimum Gasteiger partial charge on any atom is -0.497 e. The van der Waals surface area contributed by atoms with Gasteiger partial charge in [-0.1, -0.05) is 13.8 Å². The molecule has 0 unspecified atom stereocenters. The first kappa shape index (κ1) is 13.2.